The highest BCUT2D eigenvalue weighted by Crippen LogP contribution is 2.27. The molecule has 0 unspecified atom stereocenters. The predicted octanol–water partition coefficient (Wildman–Crippen LogP) is 2.70. The molecule has 0 fully saturated rings. The zero-order valence-electron chi connectivity index (χ0n) is 12.2. The van der Waals surface area contributed by atoms with E-state index in [1.165, 1.54) is 19.2 Å². The first-order valence-corrected chi connectivity index (χ1v) is 7.85. The van der Waals surface area contributed by atoms with E-state index in [-0.39, 0.29) is 10.6 Å². The highest BCUT2D eigenvalue weighted by molar-refractivity contribution is 7.92. The fourth-order valence-electron chi connectivity index (χ4n) is 1.94. The van der Waals surface area contributed by atoms with Gasteiger partial charge in [-0.15, -0.1) is 0 Å². The van der Waals surface area contributed by atoms with Gasteiger partial charge in [0, 0.05) is 6.07 Å². The normalized spacial score (nSPS) is 11.2. The van der Waals surface area contributed by atoms with Crippen molar-refractivity contribution in [2.75, 3.05) is 17.6 Å². The Kier molecular flexibility index (Phi) is 4.09. The molecular weight excluding hydrogens is 288 g/mol. The van der Waals surface area contributed by atoms with Crippen LogP contribution >= 0.6 is 0 Å². The lowest BCUT2D eigenvalue weighted by Crippen LogP contribution is -2.15. The smallest absolute Gasteiger partial charge is 0.263 e. The van der Waals surface area contributed by atoms with Crippen LogP contribution < -0.4 is 15.2 Å². The fraction of sp³-hybridized carbons (Fsp3) is 0.200. The maximum atomic E-state index is 12.5. The molecule has 2 aromatic carbocycles. The van der Waals surface area contributed by atoms with Crippen LogP contribution in [0, 0.1) is 13.8 Å². The molecule has 0 heterocycles. The topological polar surface area (TPSA) is 81.4 Å². The predicted molar refractivity (Wildman–Crippen MR) is 84.1 cm³/mol. The van der Waals surface area contributed by atoms with E-state index in [1.54, 1.807) is 12.1 Å². The summed E-state index contributed by atoms with van der Waals surface area (Å²) in [5.74, 6) is 0.512. The van der Waals surface area contributed by atoms with Crippen LogP contribution in [-0.2, 0) is 10.0 Å². The van der Waals surface area contributed by atoms with Gasteiger partial charge in [-0.25, -0.2) is 8.42 Å². The quantitative estimate of drug-likeness (QED) is 0.851. The summed E-state index contributed by atoms with van der Waals surface area (Å²) in [6.07, 6.45) is 0. The molecule has 5 nitrogen and oxygen atoms in total. The first-order valence-electron chi connectivity index (χ1n) is 6.37. The minimum atomic E-state index is -3.74. The van der Waals surface area contributed by atoms with Crippen LogP contribution in [0.15, 0.2) is 41.3 Å². The van der Waals surface area contributed by atoms with E-state index < -0.39 is 10.0 Å². The molecule has 2 rings (SSSR count). The second-order valence-electron chi connectivity index (χ2n) is 4.83. The van der Waals surface area contributed by atoms with Gasteiger partial charge in [-0.2, -0.15) is 0 Å². The van der Waals surface area contributed by atoms with Gasteiger partial charge in [-0.1, -0.05) is 12.1 Å². The Morgan fingerprint density at radius 1 is 1.10 bits per heavy atom. The number of hydrogen-bond donors (Lipinski definition) is 2. The van der Waals surface area contributed by atoms with E-state index in [9.17, 15) is 8.42 Å². The molecule has 0 aliphatic heterocycles. The van der Waals surface area contributed by atoms with E-state index in [0.29, 0.717) is 11.4 Å². The van der Waals surface area contributed by atoms with Crippen molar-refractivity contribution in [3.63, 3.8) is 0 Å². The third kappa shape index (κ3) is 3.28. The van der Waals surface area contributed by atoms with Gasteiger partial charge in [0.1, 0.15) is 10.6 Å². The van der Waals surface area contributed by atoms with Crippen molar-refractivity contribution in [3.05, 3.63) is 47.5 Å². The molecule has 2 aromatic rings. The van der Waals surface area contributed by atoms with Crippen molar-refractivity contribution in [3.8, 4) is 5.75 Å². The van der Waals surface area contributed by atoms with Crippen molar-refractivity contribution in [1.82, 2.24) is 0 Å². The number of hydrogen-bond acceptors (Lipinski definition) is 4. The van der Waals surface area contributed by atoms with Gasteiger partial charge >= 0.3 is 0 Å². The molecule has 0 spiro atoms. The van der Waals surface area contributed by atoms with Crippen LogP contribution in [0.5, 0.6) is 5.75 Å². The monoisotopic (exact) mass is 306 g/mol. The van der Waals surface area contributed by atoms with Crippen LogP contribution in [-0.4, -0.2) is 15.5 Å². The number of nitrogens with two attached hydrogens (primary N) is 1. The molecule has 0 atom stereocenters. The molecule has 112 valence electrons. The number of aryl methyl sites for hydroxylation is 2. The third-order valence-electron chi connectivity index (χ3n) is 3.14. The van der Waals surface area contributed by atoms with Gasteiger partial charge in [0.15, 0.2) is 0 Å². The number of rotatable bonds is 4. The van der Waals surface area contributed by atoms with Crippen molar-refractivity contribution < 1.29 is 13.2 Å². The minimum absolute atomic E-state index is 0.0317. The number of methoxy groups -OCH3 is 1. The lowest BCUT2D eigenvalue weighted by Gasteiger charge is -2.13. The van der Waals surface area contributed by atoms with Gasteiger partial charge in [0.05, 0.1) is 18.5 Å². The number of ether oxygens (including phenoxy) is 1. The van der Waals surface area contributed by atoms with E-state index in [1.807, 2.05) is 26.0 Å². The SMILES string of the molecule is COc1ccc(S(=O)(=O)Nc2cc(C)ccc2C)c(N)c1. The summed E-state index contributed by atoms with van der Waals surface area (Å²) < 4.78 is 32.5. The molecule has 0 saturated heterocycles. The summed E-state index contributed by atoms with van der Waals surface area (Å²) in [7, 11) is -2.24. The van der Waals surface area contributed by atoms with Gasteiger partial charge < -0.3 is 10.5 Å². The highest BCUT2D eigenvalue weighted by atomic mass is 32.2. The fourth-order valence-corrected chi connectivity index (χ4v) is 3.18. The van der Waals surface area contributed by atoms with Crippen LogP contribution in [0.1, 0.15) is 11.1 Å². The number of anilines is 2. The summed E-state index contributed by atoms with van der Waals surface area (Å²) in [5.41, 5.74) is 8.31. The minimum Gasteiger partial charge on any atom is -0.497 e. The summed E-state index contributed by atoms with van der Waals surface area (Å²) in [6, 6.07) is 10.1. The number of sulfonamides is 1. The zero-order valence-corrected chi connectivity index (χ0v) is 13.0. The Hall–Kier alpha value is -2.21. The molecule has 0 aromatic heterocycles. The summed E-state index contributed by atoms with van der Waals surface area (Å²) >= 11 is 0. The average Bonchev–Trinajstić information content (AvgIpc) is 2.42. The Morgan fingerprint density at radius 3 is 2.43 bits per heavy atom. The maximum Gasteiger partial charge on any atom is 0.263 e. The van der Waals surface area contributed by atoms with Crippen molar-refractivity contribution in [2.45, 2.75) is 18.7 Å². The standard InChI is InChI=1S/C15H18N2O3S/c1-10-4-5-11(2)14(8-10)17-21(18,19)15-7-6-12(20-3)9-13(15)16/h4-9,17H,16H2,1-3H3. The molecule has 0 amide bonds. The van der Waals surface area contributed by atoms with Crippen LogP contribution in [0.3, 0.4) is 0 Å². The van der Waals surface area contributed by atoms with E-state index in [4.69, 9.17) is 10.5 Å². The van der Waals surface area contributed by atoms with Gasteiger partial charge in [0.25, 0.3) is 10.0 Å². The lowest BCUT2D eigenvalue weighted by atomic mass is 10.1. The molecule has 0 aliphatic carbocycles. The largest absolute Gasteiger partial charge is 0.497 e. The third-order valence-corrected chi connectivity index (χ3v) is 4.58. The summed E-state index contributed by atoms with van der Waals surface area (Å²) in [5, 5.41) is 0. The van der Waals surface area contributed by atoms with E-state index in [0.717, 1.165) is 11.1 Å². The first-order chi connectivity index (χ1) is 9.83. The first kappa shape index (κ1) is 15.2. The van der Waals surface area contributed by atoms with E-state index in [2.05, 4.69) is 4.72 Å². The van der Waals surface area contributed by atoms with Crippen LogP contribution in [0.2, 0.25) is 0 Å². The summed E-state index contributed by atoms with van der Waals surface area (Å²) in [6.45, 7) is 3.74. The number of nitrogen functional groups attached to an aromatic ring is 1. The average molecular weight is 306 g/mol. The zero-order chi connectivity index (χ0) is 15.6. The second-order valence-corrected chi connectivity index (χ2v) is 6.48. The van der Waals surface area contributed by atoms with Crippen molar-refractivity contribution in [1.29, 1.82) is 0 Å². The number of nitrogens with one attached hydrogen (secondary N) is 1. The molecule has 3 N–H and O–H groups in total. The maximum absolute atomic E-state index is 12.5. The van der Waals surface area contributed by atoms with Crippen molar-refractivity contribution in [2.24, 2.45) is 0 Å². The van der Waals surface area contributed by atoms with Crippen molar-refractivity contribution >= 4 is 21.4 Å². The molecular formula is C15H18N2O3S. The highest BCUT2D eigenvalue weighted by Gasteiger charge is 2.19. The van der Waals surface area contributed by atoms with Crippen LogP contribution in [0.4, 0.5) is 11.4 Å². The molecule has 0 aliphatic rings. The van der Waals surface area contributed by atoms with Gasteiger partial charge in [0.2, 0.25) is 0 Å². The van der Waals surface area contributed by atoms with Gasteiger partial charge in [-0.05, 0) is 43.2 Å². The number of benzene rings is 2. The molecule has 0 radical (unpaired) electrons. The molecule has 0 bridgehead atoms. The Bertz CT molecular complexity index is 770. The Morgan fingerprint density at radius 2 is 1.81 bits per heavy atom. The van der Waals surface area contributed by atoms with Gasteiger partial charge in [-0.3, -0.25) is 4.72 Å². The Balaban J connectivity index is 2.41. The van der Waals surface area contributed by atoms with E-state index >= 15 is 0 Å². The molecule has 21 heavy (non-hydrogen) atoms. The molecule has 0 saturated carbocycles. The van der Waals surface area contributed by atoms with Crippen LogP contribution in [0.25, 0.3) is 0 Å². The molecule has 6 heteroatoms. The Labute approximate surface area is 124 Å². The summed E-state index contributed by atoms with van der Waals surface area (Å²) in [4.78, 5) is 0.0317. The second kappa shape index (κ2) is 5.65. The lowest BCUT2D eigenvalue weighted by molar-refractivity contribution is 0.414.